The number of benzene rings is 1. The predicted molar refractivity (Wildman–Crippen MR) is 96.2 cm³/mol. The van der Waals surface area contributed by atoms with Gasteiger partial charge in [-0.1, -0.05) is 12.1 Å². The molecular formula is C18H19BrN4O. The maximum absolute atomic E-state index is 12.8. The van der Waals surface area contributed by atoms with Crippen LogP contribution >= 0.6 is 15.9 Å². The lowest BCUT2D eigenvalue weighted by molar-refractivity contribution is 0.0327. The number of aryl methyl sites for hydroxylation is 2. The summed E-state index contributed by atoms with van der Waals surface area (Å²) < 4.78 is 0.853. The van der Waals surface area contributed by atoms with Gasteiger partial charge in [-0.3, -0.25) is 4.79 Å². The Labute approximate surface area is 149 Å². The highest BCUT2D eigenvalue weighted by Gasteiger charge is 2.48. The topological polar surface area (TPSA) is 49.3 Å². The number of hydrogen-bond donors (Lipinski definition) is 0. The van der Waals surface area contributed by atoms with Gasteiger partial charge >= 0.3 is 0 Å². The van der Waals surface area contributed by atoms with Crippen LogP contribution in [0.4, 0.5) is 5.95 Å². The Balaban J connectivity index is 1.51. The van der Waals surface area contributed by atoms with Crippen molar-refractivity contribution in [2.75, 3.05) is 24.5 Å². The second kappa shape index (κ2) is 5.84. The second-order valence-electron chi connectivity index (χ2n) is 6.62. The Morgan fingerprint density at radius 3 is 2.54 bits per heavy atom. The molecule has 0 saturated carbocycles. The Hall–Kier alpha value is -1.95. The fourth-order valence-electron chi connectivity index (χ4n) is 3.67. The summed E-state index contributed by atoms with van der Waals surface area (Å²) in [6.07, 6.45) is 0. The van der Waals surface area contributed by atoms with Gasteiger partial charge in [0.2, 0.25) is 5.95 Å². The number of halogens is 1. The van der Waals surface area contributed by atoms with Crippen molar-refractivity contribution in [1.29, 1.82) is 0 Å². The quantitative estimate of drug-likeness (QED) is 0.795. The van der Waals surface area contributed by atoms with Crippen molar-refractivity contribution in [2.24, 2.45) is 5.92 Å². The van der Waals surface area contributed by atoms with Crippen molar-refractivity contribution in [2.45, 2.75) is 19.9 Å². The molecule has 2 aliphatic rings. The molecule has 6 heteroatoms. The fraction of sp³-hybridized carbons (Fsp3) is 0.389. The monoisotopic (exact) mass is 386 g/mol. The number of amides is 1. The molecule has 0 bridgehead atoms. The summed E-state index contributed by atoms with van der Waals surface area (Å²) in [7, 11) is 0. The summed E-state index contributed by atoms with van der Waals surface area (Å²) in [5, 5.41) is 0. The first-order chi connectivity index (χ1) is 11.5. The lowest BCUT2D eigenvalue weighted by Crippen LogP contribution is -2.58. The Kier molecular flexibility index (Phi) is 3.79. The molecule has 0 N–H and O–H groups in total. The average Bonchev–Trinajstić information content (AvgIpc) is 2.84. The van der Waals surface area contributed by atoms with Crippen molar-refractivity contribution < 1.29 is 4.79 Å². The Morgan fingerprint density at radius 2 is 1.83 bits per heavy atom. The van der Waals surface area contributed by atoms with Crippen LogP contribution in [-0.2, 0) is 0 Å². The number of fused-ring (bicyclic) bond motifs is 1. The average molecular weight is 387 g/mol. The van der Waals surface area contributed by atoms with E-state index in [1.165, 1.54) is 0 Å². The number of carbonyl (C=O) groups is 1. The molecule has 0 aliphatic carbocycles. The SMILES string of the molecule is Cc1cc(C)nc(N2CC3CN(C(=O)c4ccccc4Br)C3C2)n1. The summed E-state index contributed by atoms with van der Waals surface area (Å²) in [5.41, 5.74) is 2.70. The third kappa shape index (κ3) is 2.59. The minimum atomic E-state index is 0.104. The first-order valence-electron chi connectivity index (χ1n) is 8.15. The molecule has 3 heterocycles. The molecule has 124 valence electrons. The fourth-order valence-corrected chi connectivity index (χ4v) is 4.13. The van der Waals surface area contributed by atoms with Crippen LogP contribution in [0, 0.1) is 19.8 Å². The zero-order valence-electron chi connectivity index (χ0n) is 13.7. The van der Waals surface area contributed by atoms with Crippen molar-refractivity contribution >= 4 is 27.8 Å². The van der Waals surface area contributed by atoms with Gasteiger partial charge in [0, 0.05) is 41.4 Å². The number of anilines is 1. The highest BCUT2D eigenvalue weighted by atomic mass is 79.9. The number of nitrogens with zero attached hydrogens (tertiary/aromatic N) is 4. The van der Waals surface area contributed by atoms with E-state index in [0.29, 0.717) is 5.92 Å². The van der Waals surface area contributed by atoms with Crippen LogP contribution < -0.4 is 4.90 Å². The maximum atomic E-state index is 12.8. The highest BCUT2D eigenvalue weighted by molar-refractivity contribution is 9.10. The van der Waals surface area contributed by atoms with Crippen molar-refractivity contribution in [3.8, 4) is 0 Å². The van der Waals surface area contributed by atoms with Gasteiger partial charge in [0.05, 0.1) is 11.6 Å². The van der Waals surface area contributed by atoms with Crippen LogP contribution in [0.25, 0.3) is 0 Å². The molecule has 2 saturated heterocycles. The standard InChI is InChI=1S/C18H19BrN4O/c1-11-7-12(2)21-18(20-11)22-8-13-9-23(16(13)10-22)17(24)14-5-3-4-6-15(14)19/h3-7,13,16H,8-10H2,1-2H3. The number of aromatic nitrogens is 2. The minimum Gasteiger partial charge on any atom is -0.338 e. The Morgan fingerprint density at radius 1 is 1.12 bits per heavy atom. The van der Waals surface area contributed by atoms with Gasteiger partial charge in [-0.05, 0) is 48.0 Å². The molecule has 2 atom stereocenters. The van der Waals surface area contributed by atoms with E-state index in [1.54, 1.807) is 0 Å². The van der Waals surface area contributed by atoms with Crippen LogP contribution in [0.2, 0.25) is 0 Å². The number of hydrogen-bond acceptors (Lipinski definition) is 4. The van der Waals surface area contributed by atoms with Crippen LogP contribution in [-0.4, -0.2) is 46.5 Å². The summed E-state index contributed by atoms with van der Waals surface area (Å²) in [5.74, 6) is 1.41. The summed E-state index contributed by atoms with van der Waals surface area (Å²) in [6, 6.07) is 9.85. The molecule has 1 amide bonds. The van der Waals surface area contributed by atoms with E-state index in [2.05, 4.69) is 30.8 Å². The van der Waals surface area contributed by atoms with E-state index in [1.807, 2.05) is 49.1 Å². The van der Waals surface area contributed by atoms with Gasteiger partial charge in [-0.15, -0.1) is 0 Å². The molecule has 2 aliphatic heterocycles. The van der Waals surface area contributed by atoms with Gasteiger partial charge in [0.25, 0.3) is 5.91 Å². The lowest BCUT2D eigenvalue weighted by Gasteiger charge is -2.43. The summed E-state index contributed by atoms with van der Waals surface area (Å²) in [6.45, 7) is 6.53. The highest BCUT2D eigenvalue weighted by Crippen LogP contribution is 2.35. The lowest BCUT2D eigenvalue weighted by atomic mass is 9.91. The molecule has 2 unspecified atom stereocenters. The molecule has 5 nitrogen and oxygen atoms in total. The second-order valence-corrected chi connectivity index (χ2v) is 7.47. The molecule has 2 fully saturated rings. The third-order valence-electron chi connectivity index (χ3n) is 4.86. The van der Waals surface area contributed by atoms with Gasteiger partial charge in [-0.2, -0.15) is 0 Å². The number of likely N-dealkylation sites (tertiary alicyclic amines) is 1. The van der Waals surface area contributed by atoms with Gasteiger partial charge in [-0.25, -0.2) is 9.97 Å². The van der Waals surface area contributed by atoms with Gasteiger partial charge < -0.3 is 9.80 Å². The number of carbonyl (C=O) groups excluding carboxylic acids is 1. The first kappa shape index (κ1) is 15.6. The van der Waals surface area contributed by atoms with Crippen LogP contribution in [0.1, 0.15) is 21.7 Å². The van der Waals surface area contributed by atoms with E-state index in [4.69, 9.17) is 0 Å². The maximum Gasteiger partial charge on any atom is 0.255 e. The molecule has 4 rings (SSSR count). The molecule has 24 heavy (non-hydrogen) atoms. The van der Waals surface area contributed by atoms with E-state index in [0.717, 1.165) is 47.0 Å². The van der Waals surface area contributed by atoms with E-state index >= 15 is 0 Å². The first-order valence-corrected chi connectivity index (χ1v) is 8.95. The van der Waals surface area contributed by atoms with Crippen LogP contribution in [0.3, 0.4) is 0 Å². The van der Waals surface area contributed by atoms with Gasteiger partial charge in [0.15, 0.2) is 0 Å². The molecule has 1 aromatic heterocycles. The molecular weight excluding hydrogens is 368 g/mol. The predicted octanol–water partition coefficient (Wildman–Crippen LogP) is 2.82. The third-order valence-corrected chi connectivity index (χ3v) is 5.55. The zero-order valence-corrected chi connectivity index (χ0v) is 15.3. The van der Waals surface area contributed by atoms with Crippen molar-refractivity contribution in [3.05, 3.63) is 51.8 Å². The van der Waals surface area contributed by atoms with Crippen LogP contribution in [0.15, 0.2) is 34.8 Å². The van der Waals surface area contributed by atoms with Gasteiger partial charge in [0.1, 0.15) is 0 Å². The van der Waals surface area contributed by atoms with E-state index < -0.39 is 0 Å². The molecule has 1 aromatic carbocycles. The molecule has 2 aromatic rings. The van der Waals surface area contributed by atoms with E-state index in [-0.39, 0.29) is 11.9 Å². The minimum absolute atomic E-state index is 0.104. The van der Waals surface area contributed by atoms with E-state index in [9.17, 15) is 4.79 Å². The largest absolute Gasteiger partial charge is 0.338 e. The Bertz CT molecular complexity index is 789. The van der Waals surface area contributed by atoms with Crippen molar-refractivity contribution in [3.63, 3.8) is 0 Å². The molecule has 0 radical (unpaired) electrons. The smallest absolute Gasteiger partial charge is 0.255 e. The summed E-state index contributed by atoms with van der Waals surface area (Å²) >= 11 is 3.48. The summed E-state index contributed by atoms with van der Waals surface area (Å²) in [4.78, 5) is 26.1. The normalized spacial score (nSPS) is 22.3. The zero-order chi connectivity index (χ0) is 16.8. The van der Waals surface area contributed by atoms with Crippen molar-refractivity contribution in [1.82, 2.24) is 14.9 Å². The molecule has 0 spiro atoms. The van der Waals surface area contributed by atoms with Crippen LogP contribution in [0.5, 0.6) is 0 Å². The number of rotatable bonds is 2.